The van der Waals surface area contributed by atoms with Gasteiger partial charge in [-0.25, -0.2) is 4.98 Å². The van der Waals surface area contributed by atoms with Crippen molar-refractivity contribution in [3.8, 4) is 0 Å². The molecule has 1 aromatic heterocycles. The molecule has 6 heteroatoms. The first kappa shape index (κ1) is 25.5. The highest BCUT2D eigenvalue weighted by Gasteiger charge is 2.43. The number of aryl methyl sites for hydroxylation is 1. The number of carbonyl (C=O) groups is 1. The van der Waals surface area contributed by atoms with Gasteiger partial charge in [-0.2, -0.15) is 0 Å². The van der Waals surface area contributed by atoms with Crippen molar-refractivity contribution in [1.29, 1.82) is 0 Å². The third kappa shape index (κ3) is 6.38. The summed E-state index contributed by atoms with van der Waals surface area (Å²) in [4.78, 5) is 25.1. The zero-order valence-electron chi connectivity index (χ0n) is 21.7. The summed E-state index contributed by atoms with van der Waals surface area (Å²) in [5.41, 5.74) is 1.38. The molecule has 1 aliphatic carbocycles. The van der Waals surface area contributed by atoms with E-state index in [0.29, 0.717) is 17.8 Å². The van der Waals surface area contributed by atoms with Crippen molar-refractivity contribution >= 4 is 5.97 Å². The van der Waals surface area contributed by atoms with Gasteiger partial charge in [0, 0.05) is 44.4 Å². The molecule has 3 fully saturated rings. The Morgan fingerprint density at radius 3 is 2.53 bits per heavy atom. The molecule has 0 amide bonds. The molecule has 196 valence electrons. The average Bonchev–Trinajstić information content (AvgIpc) is 3.57. The lowest BCUT2D eigenvalue weighted by atomic mass is 9.83. The number of hydrogen-bond donors (Lipinski definition) is 2. The van der Waals surface area contributed by atoms with E-state index in [1.165, 1.54) is 63.6 Å². The molecule has 5 rings (SSSR count). The molecule has 3 atom stereocenters. The van der Waals surface area contributed by atoms with Crippen molar-refractivity contribution in [3.63, 3.8) is 0 Å². The first-order chi connectivity index (χ1) is 17.7. The molecular formula is C30H44N4O2. The molecule has 36 heavy (non-hydrogen) atoms. The van der Waals surface area contributed by atoms with Gasteiger partial charge < -0.3 is 15.0 Å². The molecule has 1 saturated carbocycles. The van der Waals surface area contributed by atoms with E-state index in [-0.39, 0.29) is 6.04 Å². The Morgan fingerprint density at radius 2 is 1.83 bits per heavy atom. The lowest BCUT2D eigenvalue weighted by molar-refractivity contribution is -0.145. The number of aromatic nitrogens is 2. The maximum Gasteiger partial charge on any atom is 0.321 e. The molecular weight excluding hydrogens is 448 g/mol. The van der Waals surface area contributed by atoms with E-state index in [2.05, 4.69) is 50.1 Å². The van der Waals surface area contributed by atoms with Crippen LogP contribution in [0.15, 0.2) is 42.7 Å². The lowest BCUT2D eigenvalue weighted by Crippen LogP contribution is -2.46. The topological polar surface area (TPSA) is 72.5 Å². The van der Waals surface area contributed by atoms with Gasteiger partial charge in [0.15, 0.2) is 0 Å². The lowest BCUT2D eigenvalue weighted by Gasteiger charge is -2.35. The van der Waals surface area contributed by atoms with Gasteiger partial charge in [0.2, 0.25) is 0 Å². The second-order valence-corrected chi connectivity index (χ2v) is 11.6. The Hall–Kier alpha value is -2.18. The van der Waals surface area contributed by atoms with E-state index >= 15 is 0 Å². The molecule has 6 nitrogen and oxygen atoms in total. The van der Waals surface area contributed by atoms with Gasteiger partial charge in [-0.1, -0.05) is 49.6 Å². The quantitative estimate of drug-likeness (QED) is 0.477. The van der Waals surface area contributed by atoms with Gasteiger partial charge in [-0.3, -0.25) is 9.69 Å². The standard InChI is InChI=1S/C30H44N4O2/c35-30(36)29(25-11-5-2-6-12-25)34-21-26(27(22-34)24-9-3-1-4-10-24)20-33-18-14-23(15-19-33)8-7-13-28-31-16-17-32-28/h1,3-4,9-10,16-17,23,25-27,29H,2,5-8,11-15,18-22H2,(H,31,32)(H,35,36)/t26-,27+,29+/m0/s1. The number of hydrogen-bond acceptors (Lipinski definition) is 4. The average molecular weight is 493 g/mol. The number of rotatable bonds is 10. The molecule has 0 spiro atoms. The van der Waals surface area contributed by atoms with E-state index in [4.69, 9.17) is 0 Å². The predicted molar refractivity (Wildman–Crippen MR) is 143 cm³/mol. The number of nitrogens with zero attached hydrogens (tertiary/aromatic N) is 3. The van der Waals surface area contributed by atoms with Crippen molar-refractivity contribution in [2.75, 3.05) is 32.7 Å². The second kappa shape index (κ2) is 12.4. The molecule has 2 aromatic rings. The zero-order chi connectivity index (χ0) is 24.7. The minimum absolute atomic E-state index is 0.309. The number of likely N-dealkylation sites (tertiary alicyclic amines) is 2. The van der Waals surface area contributed by atoms with Crippen LogP contribution in [0.3, 0.4) is 0 Å². The molecule has 2 N–H and O–H groups in total. The highest BCUT2D eigenvalue weighted by atomic mass is 16.4. The van der Waals surface area contributed by atoms with E-state index in [9.17, 15) is 9.90 Å². The highest BCUT2D eigenvalue weighted by molar-refractivity contribution is 5.74. The van der Waals surface area contributed by atoms with E-state index in [1.807, 2.05) is 12.4 Å². The van der Waals surface area contributed by atoms with Crippen molar-refractivity contribution < 1.29 is 9.90 Å². The fraction of sp³-hybridized carbons (Fsp3) is 0.667. The number of imidazole rings is 1. The molecule has 0 radical (unpaired) electrons. The first-order valence-electron chi connectivity index (χ1n) is 14.4. The van der Waals surface area contributed by atoms with Crippen LogP contribution in [-0.2, 0) is 11.2 Å². The fourth-order valence-electron chi connectivity index (χ4n) is 7.28. The van der Waals surface area contributed by atoms with E-state index in [0.717, 1.165) is 50.6 Å². The molecule has 1 aromatic carbocycles. The molecule has 3 aliphatic rings. The van der Waals surface area contributed by atoms with Gasteiger partial charge in [0.25, 0.3) is 0 Å². The zero-order valence-corrected chi connectivity index (χ0v) is 21.7. The number of carboxylic acids is 1. The summed E-state index contributed by atoms with van der Waals surface area (Å²) in [7, 11) is 0. The van der Waals surface area contributed by atoms with Crippen LogP contribution in [0.2, 0.25) is 0 Å². The Bertz CT molecular complexity index is 920. The predicted octanol–water partition coefficient (Wildman–Crippen LogP) is 5.19. The van der Waals surface area contributed by atoms with Crippen molar-refractivity contribution in [3.05, 3.63) is 54.1 Å². The summed E-state index contributed by atoms with van der Waals surface area (Å²) in [6, 6.07) is 10.6. The minimum Gasteiger partial charge on any atom is -0.480 e. The van der Waals surface area contributed by atoms with Crippen molar-refractivity contribution in [1.82, 2.24) is 19.8 Å². The van der Waals surface area contributed by atoms with Gasteiger partial charge in [0.05, 0.1) is 0 Å². The smallest absolute Gasteiger partial charge is 0.321 e. The van der Waals surface area contributed by atoms with Crippen LogP contribution in [0.1, 0.15) is 75.1 Å². The summed E-state index contributed by atoms with van der Waals surface area (Å²) < 4.78 is 0. The van der Waals surface area contributed by atoms with Gasteiger partial charge in [0.1, 0.15) is 11.9 Å². The molecule has 0 bridgehead atoms. The third-order valence-electron chi connectivity index (χ3n) is 9.22. The SMILES string of the molecule is O=C(O)[C@@H](C1CCCCC1)N1C[C@H](CN2CCC(CCCc3ncc[nH]3)CC2)[C@@H](c2ccccc2)C1. The van der Waals surface area contributed by atoms with Crippen LogP contribution < -0.4 is 0 Å². The summed E-state index contributed by atoms with van der Waals surface area (Å²) in [6.07, 6.45) is 15.6. The van der Waals surface area contributed by atoms with Crippen LogP contribution in [0.25, 0.3) is 0 Å². The van der Waals surface area contributed by atoms with Crippen LogP contribution in [0.5, 0.6) is 0 Å². The van der Waals surface area contributed by atoms with E-state index < -0.39 is 5.97 Å². The summed E-state index contributed by atoms with van der Waals surface area (Å²) in [5, 5.41) is 10.3. The van der Waals surface area contributed by atoms with Crippen molar-refractivity contribution in [2.24, 2.45) is 17.8 Å². The second-order valence-electron chi connectivity index (χ2n) is 11.6. The number of nitrogens with one attached hydrogen (secondary N) is 1. The Labute approximate surface area is 216 Å². The Balaban J connectivity index is 1.18. The maximum atomic E-state index is 12.5. The number of aliphatic carboxylic acids is 1. The van der Waals surface area contributed by atoms with Gasteiger partial charge in [-0.15, -0.1) is 0 Å². The maximum absolute atomic E-state index is 12.5. The third-order valence-corrected chi connectivity index (χ3v) is 9.22. The number of H-pyrrole nitrogens is 1. The number of aromatic amines is 1. The molecule has 3 heterocycles. The summed E-state index contributed by atoms with van der Waals surface area (Å²) in [6.45, 7) is 5.23. The largest absolute Gasteiger partial charge is 0.480 e. The molecule has 0 unspecified atom stereocenters. The number of carboxylic acid groups (broad SMARTS) is 1. The van der Waals surface area contributed by atoms with Crippen LogP contribution in [0, 0.1) is 17.8 Å². The Morgan fingerprint density at radius 1 is 1.06 bits per heavy atom. The normalized spacial score (nSPS) is 25.8. The molecule has 2 saturated heterocycles. The first-order valence-corrected chi connectivity index (χ1v) is 14.4. The van der Waals surface area contributed by atoms with Crippen LogP contribution >= 0.6 is 0 Å². The van der Waals surface area contributed by atoms with Crippen LogP contribution in [-0.4, -0.2) is 69.6 Å². The van der Waals surface area contributed by atoms with Gasteiger partial charge >= 0.3 is 5.97 Å². The fourth-order valence-corrected chi connectivity index (χ4v) is 7.28. The molecule has 2 aliphatic heterocycles. The van der Waals surface area contributed by atoms with E-state index in [1.54, 1.807) is 0 Å². The number of piperidine rings is 1. The van der Waals surface area contributed by atoms with Gasteiger partial charge in [-0.05, 0) is 74.9 Å². The summed E-state index contributed by atoms with van der Waals surface area (Å²) >= 11 is 0. The minimum atomic E-state index is -0.607. The number of benzene rings is 1. The van der Waals surface area contributed by atoms with Crippen molar-refractivity contribution in [2.45, 2.75) is 76.2 Å². The summed E-state index contributed by atoms with van der Waals surface area (Å²) in [5.74, 6) is 2.55. The Kier molecular flexibility index (Phi) is 8.75. The highest BCUT2D eigenvalue weighted by Crippen LogP contribution is 2.38. The monoisotopic (exact) mass is 492 g/mol. The van der Waals surface area contributed by atoms with Crippen LogP contribution in [0.4, 0.5) is 0 Å².